The van der Waals surface area contributed by atoms with Gasteiger partial charge in [-0.2, -0.15) is 0 Å². The van der Waals surface area contributed by atoms with Gasteiger partial charge in [-0.15, -0.1) is 16.4 Å². The summed E-state index contributed by atoms with van der Waals surface area (Å²) in [5, 5.41) is 5.94. The lowest BCUT2D eigenvalue weighted by Gasteiger charge is -2.19. The van der Waals surface area contributed by atoms with E-state index in [-0.39, 0.29) is 0 Å². The summed E-state index contributed by atoms with van der Waals surface area (Å²) >= 11 is 1.76. The molecule has 138 valence electrons. The van der Waals surface area contributed by atoms with Gasteiger partial charge in [0.2, 0.25) is 5.88 Å². The van der Waals surface area contributed by atoms with Gasteiger partial charge >= 0.3 is 0 Å². The SMILES string of the molecule is CN1CCCC1CCOc1ccc2ncc(-c3cc4ccccc4s3)n2n1. The molecular weight excluding hydrogens is 356 g/mol. The molecule has 0 saturated carbocycles. The lowest BCUT2D eigenvalue weighted by molar-refractivity contribution is 0.227. The molecule has 1 aliphatic heterocycles. The molecule has 1 aromatic carbocycles. The van der Waals surface area contributed by atoms with Gasteiger partial charge in [-0.05, 0) is 56.4 Å². The minimum atomic E-state index is 0.635. The van der Waals surface area contributed by atoms with Crippen LogP contribution in [-0.4, -0.2) is 45.7 Å². The molecule has 4 heterocycles. The van der Waals surface area contributed by atoms with E-state index in [4.69, 9.17) is 4.74 Å². The minimum Gasteiger partial charge on any atom is -0.477 e. The highest BCUT2D eigenvalue weighted by Crippen LogP contribution is 2.33. The van der Waals surface area contributed by atoms with E-state index in [0.717, 1.165) is 17.8 Å². The van der Waals surface area contributed by atoms with Crippen LogP contribution in [0.1, 0.15) is 19.3 Å². The predicted molar refractivity (Wildman–Crippen MR) is 110 cm³/mol. The fourth-order valence-corrected chi connectivity index (χ4v) is 4.91. The molecule has 0 N–H and O–H groups in total. The van der Waals surface area contributed by atoms with Crippen molar-refractivity contribution < 1.29 is 4.74 Å². The summed E-state index contributed by atoms with van der Waals surface area (Å²) in [5.74, 6) is 0.656. The Labute approximate surface area is 162 Å². The number of fused-ring (bicyclic) bond motifs is 2. The average molecular weight is 379 g/mol. The van der Waals surface area contributed by atoms with Crippen molar-refractivity contribution in [3.63, 3.8) is 0 Å². The number of likely N-dealkylation sites (tertiary alicyclic amines) is 1. The van der Waals surface area contributed by atoms with Gasteiger partial charge in [-0.3, -0.25) is 0 Å². The summed E-state index contributed by atoms with van der Waals surface area (Å²) in [7, 11) is 2.20. The standard InChI is InChI=1S/C21H22N4OS/c1-24-11-4-6-16(24)10-12-26-21-9-8-20-22-14-17(25(20)23-21)19-13-15-5-2-3-7-18(15)27-19/h2-3,5,7-9,13-14,16H,4,6,10-12H2,1H3. The number of thiophene rings is 1. The van der Waals surface area contributed by atoms with Crippen molar-refractivity contribution in [3.8, 4) is 16.5 Å². The van der Waals surface area contributed by atoms with Crippen molar-refractivity contribution in [2.24, 2.45) is 0 Å². The number of imidazole rings is 1. The Hall–Kier alpha value is -2.44. The maximum absolute atomic E-state index is 5.96. The van der Waals surface area contributed by atoms with Crippen molar-refractivity contribution in [2.45, 2.75) is 25.3 Å². The van der Waals surface area contributed by atoms with E-state index in [0.29, 0.717) is 18.5 Å². The topological polar surface area (TPSA) is 42.7 Å². The molecule has 0 amide bonds. The van der Waals surface area contributed by atoms with Crippen molar-refractivity contribution >= 4 is 27.1 Å². The summed E-state index contributed by atoms with van der Waals surface area (Å²) in [6.45, 7) is 1.89. The molecule has 0 aliphatic carbocycles. The van der Waals surface area contributed by atoms with Gasteiger partial charge in [0.25, 0.3) is 0 Å². The molecule has 5 nitrogen and oxygen atoms in total. The van der Waals surface area contributed by atoms with E-state index in [1.807, 2.05) is 22.8 Å². The van der Waals surface area contributed by atoms with Crippen LogP contribution in [-0.2, 0) is 0 Å². The van der Waals surface area contributed by atoms with Crippen LogP contribution >= 0.6 is 11.3 Å². The zero-order valence-electron chi connectivity index (χ0n) is 15.3. The van der Waals surface area contributed by atoms with Gasteiger partial charge in [0, 0.05) is 16.8 Å². The molecule has 0 spiro atoms. The second-order valence-electron chi connectivity index (χ2n) is 7.15. The molecule has 0 radical (unpaired) electrons. The van der Waals surface area contributed by atoms with Crippen molar-refractivity contribution in [3.05, 3.63) is 48.7 Å². The van der Waals surface area contributed by atoms with Gasteiger partial charge < -0.3 is 9.64 Å². The maximum Gasteiger partial charge on any atom is 0.231 e. The van der Waals surface area contributed by atoms with Crippen LogP contribution < -0.4 is 4.74 Å². The highest BCUT2D eigenvalue weighted by atomic mass is 32.1. The zero-order chi connectivity index (χ0) is 18.2. The van der Waals surface area contributed by atoms with Gasteiger partial charge in [0.05, 0.1) is 17.7 Å². The fourth-order valence-electron chi connectivity index (χ4n) is 3.85. The van der Waals surface area contributed by atoms with Gasteiger partial charge in [-0.1, -0.05) is 18.2 Å². The van der Waals surface area contributed by atoms with Gasteiger partial charge in [-0.25, -0.2) is 9.50 Å². The molecule has 0 bridgehead atoms. The maximum atomic E-state index is 5.96. The normalized spacial score (nSPS) is 17.9. The number of benzene rings is 1. The molecule has 1 atom stereocenters. The molecule has 27 heavy (non-hydrogen) atoms. The Kier molecular flexibility index (Phi) is 4.30. The molecular formula is C21H22N4OS. The first kappa shape index (κ1) is 16.7. The molecule has 1 aliphatic rings. The minimum absolute atomic E-state index is 0.635. The second kappa shape index (κ2) is 6.94. The summed E-state index contributed by atoms with van der Waals surface area (Å²) in [6.07, 6.45) is 5.50. The smallest absolute Gasteiger partial charge is 0.231 e. The van der Waals surface area contributed by atoms with Crippen molar-refractivity contribution in [1.82, 2.24) is 19.5 Å². The Balaban J connectivity index is 1.39. The van der Waals surface area contributed by atoms with Crippen molar-refractivity contribution in [1.29, 1.82) is 0 Å². The predicted octanol–water partition coefficient (Wildman–Crippen LogP) is 4.47. The summed E-state index contributed by atoms with van der Waals surface area (Å²) in [6, 6.07) is 15.2. The molecule has 6 heteroatoms. The molecule has 5 rings (SSSR count). The Morgan fingerprint density at radius 1 is 1.22 bits per heavy atom. The third kappa shape index (κ3) is 3.19. The number of ether oxygens (including phenoxy) is 1. The van der Waals surface area contributed by atoms with E-state index in [9.17, 15) is 0 Å². The first-order valence-corrected chi connectivity index (χ1v) is 10.3. The third-order valence-corrected chi connectivity index (χ3v) is 6.53. The summed E-state index contributed by atoms with van der Waals surface area (Å²) < 4.78 is 9.12. The van der Waals surface area contributed by atoms with Crippen molar-refractivity contribution in [2.75, 3.05) is 20.2 Å². The molecule has 4 aromatic rings. The van der Waals surface area contributed by atoms with Crippen LogP contribution in [0.3, 0.4) is 0 Å². The number of rotatable bonds is 5. The monoisotopic (exact) mass is 378 g/mol. The number of hydrogen-bond donors (Lipinski definition) is 0. The first-order chi connectivity index (χ1) is 13.3. The quantitative estimate of drug-likeness (QED) is 0.514. The Morgan fingerprint density at radius 3 is 3.00 bits per heavy atom. The van der Waals surface area contributed by atoms with Crippen LogP contribution in [0.15, 0.2) is 48.7 Å². The second-order valence-corrected chi connectivity index (χ2v) is 8.23. The van der Waals surface area contributed by atoms with Crippen LogP contribution in [0.25, 0.3) is 26.3 Å². The van der Waals surface area contributed by atoms with E-state index in [1.54, 1.807) is 11.3 Å². The molecule has 1 fully saturated rings. The largest absolute Gasteiger partial charge is 0.477 e. The van der Waals surface area contributed by atoms with E-state index in [1.165, 1.54) is 34.3 Å². The number of aromatic nitrogens is 3. The van der Waals surface area contributed by atoms with Crippen LogP contribution in [0.5, 0.6) is 5.88 Å². The lowest BCUT2D eigenvalue weighted by atomic mass is 10.1. The third-order valence-electron chi connectivity index (χ3n) is 5.39. The number of hydrogen-bond acceptors (Lipinski definition) is 5. The van der Waals surface area contributed by atoms with Gasteiger partial charge in [0.1, 0.15) is 5.69 Å². The molecule has 3 aromatic heterocycles. The first-order valence-electron chi connectivity index (χ1n) is 9.45. The number of nitrogens with zero attached hydrogens (tertiary/aromatic N) is 4. The molecule has 1 unspecified atom stereocenters. The zero-order valence-corrected chi connectivity index (χ0v) is 16.2. The van der Waals surface area contributed by atoms with Gasteiger partial charge in [0.15, 0.2) is 5.65 Å². The summed E-state index contributed by atoms with van der Waals surface area (Å²) in [5.41, 5.74) is 1.84. The van der Waals surface area contributed by atoms with E-state index in [2.05, 4.69) is 52.4 Å². The van der Waals surface area contributed by atoms with E-state index < -0.39 is 0 Å². The molecule has 1 saturated heterocycles. The Bertz CT molecular complexity index is 1050. The van der Waals surface area contributed by atoms with E-state index >= 15 is 0 Å². The van der Waals surface area contributed by atoms with Crippen LogP contribution in [0, 0.1) is 0 Å². The fraction of sp³-hybridized carbons (Fsp3) is 0.333. The average Bonchev–Trinajstić information content (AvgIpc) is 3.39. The Morgan fingerprint density at radius 2 is 2.15 bits per heavy atom. The van der Waals surface area contributed by atoms with Crippen LogP contribution in [0.2, 0.25) is 0 Å². The highest BCUT2D eigenvalue weighted by molar-refractivity contribution is 7.22. The lowest BCUT2D eigenvalue weighted by Crippen LogP contribution is -2.26. The highest BCUT2D eigenvalue weighted by Gasteiger charge is 2.20. The van der Waals surface area contributed by atoms with Crippen LogP contribution in [0.4, 0.5) is 0 Å². The summed E-state index contributed by atoms with van der Waals surface area (Å²) in [4.78, 5) is 8.10.